The van der Waals surface area contributed by atoms with Crippen LogP contribution in [0.5, 0.6) is 5.75 Å². The van der Waals surface area contributed by atoms with Crippen LogP contribution in [-0.2, 0) is 4.79 Å². The Morgan fingerprint density at radius 2 is 1.68 bits per heavy atom. The van der Waals surface area contributed by atoms with Crippen LogP contribution in [0.15, 0.2) is 64.4 Å². The first-order valence-electron chi connectivity index (χ1n) is 8.07. The van der Waals surface area contributed by atoms with Crippen molar-refractivity contribution in [2.24, 2.45) is 5.92 Å². The predicted octanol–water partition coefficient (Wildman–Crippen LogP) is 3.22. The number of hydrogen-bond acceptors (Lipinski definition) is 4. The van der Waals surface area contributed by atoms with Crippen molar-refractivity contribution in [2.75, 3.05) is 0 Å². The average molecular weight is 350 g/mol. The lowest BCUT2D eigenvalue weighted by Gasteiger charge is -2.39. The molecule has 0 saturated heterocycles. The number of carbonyl (C=O) groups excluding carboxylic acids is 1. The summed E-state index contributed by atoms with van der Waals surface area (Å²) in [6.07, 6.45) is 0. The molecule has 0 radical (unpaired) electrons. The second-order valence-corrected chi connectivity index (χ2v) is 7.39. The summed E-state index contributed by atoms with van der Waals surface area (Å²) in [5.74, 6) is -0.294. The molecule has 3 heterocycles. The van der Waals surface area contributed by atoms with E-state index in [0.717, 1.165) is 21.8 Å². The minimum atomic E-state index is -0.388. The van der Waals surface area contributed by atoms with Gasteiger partial charge in [0.2, 0.25) is 0 Å². The fourth-order valence-electron chi connectivity index (χ4n) is 3.78. The summed E-state index contributed by atoms with van der Waals surface area (Å²) in [4.78, 5) is 30.5. The number of carbonyl (C=O) groups is 1. The van der Waals surface area contributed by atoms with Gasteiger partial charge in [0.1, 0.15) is 5.75 Å². The minimum absolute atomic E-state index is 0.119. The van der Waals surface area contributed by atoms with E-state index < -0.39 is 0 Å². The monoisotopic (exact) mass is 350 g/mol. The highest BCUT2D eigenvalue weighted by molar-refractivity contribution is 7.99. The van der Waals surface area contributed by atoms with Crippen LogP contribution in [0.4, 0.5) is 0 Å². The number of hydrogen-bond donors (Lipinski definition) is 2. The molecule has 0 unspecified atom stereocenters. The molecule has 3 aromatic rings. The lowest BCUT2D eigenvalue weighted by atomic mass is 9.77. The fraction of sp³-hybridized carbons (Fsp3) is 0.158. The molecule has 2 aliphatic rings. The van der Waals surface area contributed by atoms with Crippen LogP contribution in [0.25, 0.3) is 0 Å². The maximum atomic E-state index is 12.9. The maximum absolute atomic E-state index is 12.9. The molecular weight excluding hydrogens is 336 g/mol. The van der Waals surface area contributed by atoms with Crippen molar-refractivity contribution in [3.63, 3.8) is 0 Å². The van der Waals surface area contributed by atoms with Crippen LogP contribution in [0.3, 0.4) is 0 Å². The highest BCUT2D eigenvalue weighted by Crippen LogP contribution is 2.57. The van der Waals surface area contributed by atoms with Gasteiger partial charge in [-0.15, -0.1) is 0 Å². The van der Waals surface area contributed by atoms with Crippen LogP contribution >= 0.6 is 11.8 Å². The molecular formula is C19H14N2O3S. The molecule has 5 nitrogen and oxygen atoms in total. The van der Waals surface area contributed by atoms with Crippen molar-refractivity contribution in [3.8, 4) is 5.75 Å². The van der Waals surface area contributed by atoms with Crippen LogP contribution in [0, 0.1) is 5.92 Å². The topological polar surface area (TPSA) is 75.0 Å². The average Bonchev–Trinajstić information content (AvgIpc) is 3.01. The SMILES string of the molecule is O=C1Oc2ccccc2[C@H]2c3[nH]c(=O)[nH]c3S[C@@H](c3ccccc3)[C@H]12. The second kappa shape index (κ2) is 5.39. The molecule has 2 aliphatic heterocycles. The number of aromatic amines is 2. The summed E-state index contributed by atoms with van der Waals surface area (Å²) in [7, 11) is 0. The van der Waals surface area contributed by atoms with E-state index in [1.807, 2.05) is 48.5 Å². The van der Waals surface area contributed by atoms with Crippen molar-refractivity contribution in [3.05, 3.63) is 81.9 Å². The molecule has 0 fully saturated rings. The second-order valence-electron chi connectivity index (χ2n) is 6.23. The predicted molar refractivity (Wildman–Crippen MR) is 93.9 cm³/mol. The number of para-hydroxylation sites is 1. The van der Waals surface area contributed by atoms with Gasteiger partial charge in [-0.25, -0.2) is 4.79 Å². The Labute approximate surface area is 147 Å². The summed E-state index contributed by atoms with van der Waals surface area (Å²) < 4.78 is 5.62. The summed E-state index contributed by atoms with van der Waals surface area (Å²) >= 11 is 1.51. The number of imidazole rings is 1. The third-order valence-corrected chi connectivity index (χ3v) is 6.20. The Hall–Kier alpha value is -2.73. The maximum Gasteiger partial charge on any atom is 0.323 e. The number of rotatable bonds is 1. The number of ether oxygens (including phenoxy) is 1. The third kappa shape index (κ3) is 2.17. The normalized spacial score (nSPS) is 24.0. The molecule has 0 bridgehead atoms. The molecule has 2 aromatic carbocycles. The number of fused-ring (bicyclic) bond motifs is 5. The van der Waals surface area contributed by atoms with Gasteiger partial charge in [-0.1, -0.05) is 60.3 Å². The van der Waals surface area contributed by atoms with E-state index in [-0.39, 0.29) is 28.7 Å². The highest BCUT2D eigenvalue weighted by atomic mass is 32.2. The molecule has 0 aliphatic carbocycles. The lowest BCUT2D eigenvalue weighted by molar-refractivity contribution is -0.141. The van der Waals surface area contributed by atoms with E-state index in [0.29, 0.717) is 5.75 Å². The molecule has 0 spiro atoms. The van der Waals surface area contributed by atoms with Gasteiger partial charge in [-0.05, 0) is 11.6 Å². The van der Waals surface area contributed by atoms with E-state index in [2.05, 4.69) is 9.97 Å². The molecule has 2 N–H and O–H groups in total. The number of esters is 1. The minimum Gasteiger partial charge on any atom is -0.426 e. The molecule has 0 saturated carbocycles. The molecule has 25 heavy (non-hydrogen) atoms. The van der Waals surface area contributed by atoms with E-state index in [1.54, 1.807) is 6.07 Å². The van der Waals surface area contributed by atoms with Crippen molar-refractivity contribution in [1.82, 2.24) is 9.97 Å². The van der Waals surface area contributed by atoms with Gasteiger partial charge < -0.3 is 14.7 Å². The molecule has 0 amide bonds. The highest BCUT2D eigenvalue weighted by Gasteiger charge is 2.49. The van der Waals surface area contributed by atoms with Crippen LogP contribution in [-0.4, -0.2) is 15.9 Å². The zero-order valence-corrected chi connectivity index (χ0v) is 13.9. The molecule has 5 rings (SSSR count). The number of nitrogens with one attached hydrogen (secondary N) is 2. The summed E-state index contributed by atoms with van der Waals surface area (Å²) in [6, 6.07) is 17.4. The van der Waals surface area contributed by atoms with Crippen LogP contribution < -0.4 is 10.4 Å². The van der Waals surface area contributed by atoms with E-state index in [4.69, 9.17) is 4.74 Å². The van der Waals surface area contributed by atoms with Crippen LogP contribution in [0.1, 0.15) is 28.0 Å². The quantitative estimate of drug-likeness (QED) is 0.522. The van der Waals surface area contributed by atoms with Crippen molar-refractivity contribution in [1.29, 1.82) is 0 Å². The lowest BCUT2D eigenvalue weighted by Crippen LogP contribution is -2.38. The zero-order valence-electron chi connectivity index (χ0n) is 13.1. The van der Waals surface area contributed by atoms with E-state index in [1.165, 1.54) is 11.8 Å². The summed E-state index contributed by atoms with van der Waals surface area (Å²) in [5, 5.41) is 0.676. The first-order valence-corrected chi connectivity index (χ1v) is 8.95. The van der Waals surface area contributed by atoms with Gasteiger partial charge in [0.15, 0.2) is 0 Å². The number of H-pyrrole nitrogens is 2. The van der Waals surface area contributed by atoms with Gasteiger partial charge in [0.25, 0.3) is 0 Å². The summed E-state index contributed by atoms with van der Waals surface area (Å²) in [5.41, 5.74) is 2.51. The Bertz CT molecular complexity index is 1020. The number of thioether (sulfide) groups is 1. The Morgan fingerprint density at radius 3 is 2.52 bits per heavy atom. The van der Waals surface area contributed by atoms with Crippen LogP contribution in [0.2, 0.25) is 0 Å². The fourth-order valence-corrected chi connectivity index (χ4v) is 5.20. The largest absolute Gasteiger partial charge is 0.426 e. The molecule has 6 heteroatoms. The van der Waals surface area contributed by atoms with Crippen molar-refractivity contribution in [2.45, 2.75) is 16.2 Å². The van der Waals surface area contributed by atoms with Crippen molar-refractivity contribution < 1.29 is 9.53 Å². The smallest absolute Gasteiger partial charge is 0.323 e. The third-order valence-electron chi connectivity index (χ3n) is 4.83. The Morgan fingerprint density at radius 1 is 0.920 bits per heavy atom. The first kappa shape index (κ1) is 14.6. The Kier molecular flexibility index (Phi) is 3.15. The van der Waals surface area contributed by atoms with Gasteiger partial charge in [0, 0.05) is 11.5 Å². The molecule has 1 aromatic heterocycles. The number of aromatic nitrogens is 2. The van der Waals surface area contributed by atoms with Gasteiger partial charge >= 0.3 is 11.7 Å². The number of benzene rings is 2. The molecule has 3 atom stereocenters. The first-order chi connectivity index (χ1) is 12.2. The van der Waals surface area contributed by atoms with E-state index in [9.17, 15) is 9.59 Å². The molecule has 124 valence electrons. The Balaban J connectivity index is 1.75. The summed E-state index contributed by atoms with van der Waals surface area (Å²) in [6.45, 7) is 0. The van der Waals surface area contributed by atoms with Gasteiger partial charge in [-0.2, -0.15) is 0 Å². The van der Waals surface area contributed by atoms with Gasteiger partial charge in [0.05, 0.1) is 21.9 Å². The van der Waals surface area contributed by atoms with Crippen molar-refractivity contribution >= 4 is 17.7 Å². The standard InChI is InChI=1S/C19H14N2O3S/c22-18-14-13(11-8-4-5-9-12(11)24-18)15-17(21-19(23)20-15)25-16(14)10-6-2-1-3-7-10/h1-9,13-14,16H,(H2,20,21,23)/t13-,14-,16+/m1/s1. The van der Waals surface area contributed by atoms with Gasteiger partial charge in [-0.3, -0.25) is 4.79 Å². The van der Waals surface area contributed by atoms with E-state index >= 15 is 0 Å². The zero-order chi connectivity index (χ0) is 17.0.